The summed E-state index contributed by atoms with van der Waals surface area (Å²) in [4.78, 5) is 24.8. The molecule has 0 radical (unpaired) electrons. The van der Waals surface area contributed by atoms with E-state index in [1.807, 2.05) is 0 Å². The van der Waals surface area contributed by atoms with Crippen molar-refractivity contribution in [3.63, 3.8) is 0 Å². The van der Waals surface area contributed by atoms with Gasteiger partial charge in [-0.05, 0) is 6.07 Å². The van der Waals surface area contributed by atoms with Gasteiger partial charge in [-0.2, -0.15) is 0 Å². The van der Waals surface area contributed by atoms with Crippen LogP contribution in [0.15, 0.2) is 12.1 Å². The number of rotatable bonds is 3. The quantitative estimate of drug-likeness (QED) is 0.786. The number of hydrogen-bond donors (Lipinski definition) is 3. The van der Waals surface area contributed by atoms with E-state index in [-0.39, 0.29) is 22.4 Å². The molecule has 1 aromatic rings. The van der Waals surface area contributed by atoms with E-state index in [0.717, 1.165) is 13.1 Å². The first-order valence-electron chi connectivity index (χ1n) is 6.40. The van der Waals surface area contributed by atoms with Gasteiger partial charge in [-0.15, -0.1) is 0 Å². The van der Waals surface area contributed by atoms with Crippen LogP contribution in [0.1, 0.15) is 10.4 Å². The minimum Gasteiger partial charge on any atom is -0.496 e. The molecule has 2 amide bonds. The number of amides is 2. The topological polar surface area (TPSA) is 90.9 Å². The Kier molecular flexibility index (Phi) is 4.87. The first-order chi connectivity index (χ1) is 10.0. The monoisotopic (exact) mass is 313 g/mol. The number of benzene rings is 1. The number of carboxylic acid groups (broad SMARTS) is 1. The number of urea groups is 1. The lowest BCUT2D eigenvalue weighted by Crippen LogP contribution is -2.48. The summed E-state index contributed by atoms with van der Waals surface area (Å²) in [6.45, 7) is 2.69. The van der Waals surface area contributed by atoms with Crippen LogP contribution in [-0.4, -0.2) is 55.3 Å². The van der Waals surface area contributed by atoms with Crippen molar-refractivity contribution in [3.05, 3.63) is 22.7 Å². The number of ether oxygens (including phenoxy) is 1. The van der Waals surface area contributed by atoms with Crippen molar-refractivity contribution < 1.29 is 19.4 Å². The van der Waals surface area contributed by atoms with Gasteiger partial charge in [0.1, 0.15) is 11.3 Å². The molecule has 1 aliphatic heterocycles. The molecule has 0 atom stereocenters. The summed E-state index contributed by atoms with van der Waals surface area (Å²) in [5, 5.41) is 15.0. The van der Waals surface area contributed by atoms with E-state index in [9.17, 15) is 9.59 Å². The molecular formula is C13H16ClN3O4. The molecule has 3 N–H and O–H groups in total. The number of methoxy groups -OCH3 is 1. The van der Waals surface area contributed by atoms with Gasteiger partial charge in [0.2, 0.25) is 0 Å². The molecule has 0 saturated carbocycles. The van der Waals surface area contributed by atoms with Gasteiger partial charge >= 0.3 is 12.0 Å². The third-order valence-corrected chi connectivity index (χ3v) is 3.48. The van der Waals surface area contributed by atoms with Crippen molar-refractivity contribution in [1.29, 1.82) is 0 Å². The minimum atomic E-state index is -1.14. The number of nitrogens with one attached hydrogen (secondary N) is 2. The molecule has 8 heteroatoms. The third-order valence-electron chi connectivity index (χ3n) is 3.17. The Morgan fingerprint density at radius 1 is 1.38 bits per heavy atom. The van der Waals surface area contributed by atoms with Gasteiger partial charge in [-0.1, -0.05) is 11.6 Å². The number of halogens is 1. The predicted octanol–water partition coefficient (Wildman–Crippen LogP) is 1.48. The SMILES string of the molecule is COc1cc(NC(=O)N2CCNCC2)c(Cl)cc1C(=O)O. The van der Waals surface area contributed by atoms with E-state index in [1.54, 1.807) is 4.90 Å². The molecule has 1 aromatic carbocycles. The molecular weight excluding hydrogens is 298 g/mol. The van der Waals surface area contributed by atoms with Gasteiger partial charge in [-0.25, -0.2) is 9.59 Å². The highest BCUT2D eigenvalue weighted by atomic mass is 35.5. The predicted molar refractivity (Wildman–Crippen MR) is 78.4 cm³/mol. The van der Waals surface area contributed by atoms with E-state index < -0.39 is 5.97 Å². The molecule has 0 bridgehead atoms. The van der Waals surface area contributed by atoms with E-state index in [0.29, 0.717) is 18.8 Å². The van der Waals surface area contributed by atoms with Crippen LogP contribution >= 0.6 is 11.6 Å². The zero-order chi connectivity index (χ0) is 15.4. The second-order valence-corrected chi connectivity index (χ2v) is 4.91. The highest BCUT2D eigenvalue weighted by molar-refractivity contribution is 6.34. The Morgan fingerprint density at radius 2 is 2.05 bits per heavy atom. The largest absolute Gasteiger partial charge is 0.496 e. The number of anilines is 1. The Labute approximate surface area is 126 Å². The van der Waals surface area contributed by atoms with E-state index in [1.165, 1.54) is 19.2 Å². The van der Waals surface area contributed by atoms with Gasteiger partial charge in [0.15, 0.2) is 0 Å². The fourth-order valence-corrected chi connectivity index (χ4v) is 2.26. The zero-order valence-electron chi connectivity index (χ0n) is 11.5. The normalized spacial score (nSPS) is 14.7. The second kappa shape index (κ2) is 6.64. The summed E-state index contributed by atoms with van der Waals surface area (Å²) < 4.78 is 5.01. The smallest absolute Gasteiger partial charge is 0.339 e. The van der Waals surface area contributed by atoms with Crippen molar-refractivity contribution in [2.45, 2.75) is 0 Å². The summed E-state index contributed by atoms with van der Waals surface area (Å²) in [5.74, 6) is -1.00. The maximum atomic E-state index is 12.1. The van der Waals surface area contributed by atoms with Crippen LogP contribution < -0.4 is 15.4 Å². The van der Waals surface area contributed by atoms with Gasteiger partial charge in [-0.3, -0.25) is 0 Å². The fourth-order valence-electron chi connectivity index (χ4n) is 2.05. The number of aromatic carboxylic acids is 1. The summed E-state index contributed by atoms with van der Waals surface area (Å²) in [6.07, 6.45) is 0. The average molecular weight is 314 g/mol. The molecule has 2 rings (SSSR count). The van der Waals surface area contributed by atoms with Crippen molar-refractivity contribution in [2.24, 2.45) is 0 Å². The minimum absolute atomic E-state index is 0.0531. The molecule has 0 unspecified atom stereocenters. The fraction of sp³-hybridized carbons (Fsp3) is 0.385. The molecule has 114 valence electrons. The summed E-state index contributed by atoms with van der Waals surface area (Å²) in [5.41, 5.74) is 0.268. The molecule has 1 fully saturated rings. The van der Waals surface area contributed by atoms with Crippen LogP contribution in [0, 0.1) is 0 Å². The molecule has 0 aliphatic carbocycles. The van der Waals surface area contributed by atoms with Crippen molar-refractivity contribution >= 4 is 29.3 Å². The standard InChI is InChI=1S/C13H16ClN3O4/c1-21-11-7-10(9(14)6-8(11)12(18)19)16-13(20)17-4-2-15-3-5-17/h6-7,15H,2-5H2,1H3,(H,16,20)(H,18,19). The molecule has 21 heavy (non-hydrogen) atoms. The Hall–Kier alpha value is -1.99. The first-order valence-corrected chi connectivity index (χ1v) is 6.78. The summed E-state index contributed by atoms with van der Waals surface area (Å²) in [6, 6.07) is 2.39. The summed E-state index contributed by atoms with van der Waals surface area (Å²) >= 11 is 6.02. The van der Waals surface area contributed by atoms with Crippen molar-refractivity contribution in [2.75, 3.05) is 38.6 Å². The number of carboxylic acids is 1. The summed E-state index contributed by atoms with van der Waals surface area (Å²) in [7, 11) is 1.36. The Balaban J connectivity index is 2.19. The molecule has 1 aliphatic rings. The van der Waals surface area contributed by atoms with Gasteiger partial charge in [0.05, 0.1) is 17.8 Å². The average Bonchev–Trinajstić information content (AvgIpc) is 2.49. The second-order valence-electron chi connectivity index (χ2n) is 4.50. The molecule has 1 saturated heterocycles. The molecule has 7 nitrogen and oxygen atoms in total. The maximum absolute atomic E-state index is 12.1. The number of carbonyl (C=O) groups excluding carboxylic acids is 1. The lowest BCUT2D eigenvalue weighted by Gasteiger charge is -2.27. The number of nitrogens with zero attached hydrogens (tertiary/aromatic N) is 1. The van der Waals surface area contributed by atoms with E-state index in [2.05, 4.69) is 10.6 Å². The van der Waals surface area contributed by atoms with Crippen LogP contribution in [0.5, 0.6) is 5.75 Å². The highest BCUT2D eigenvalue weighted by Gasteiger charge is 2.19. The van der Waals surface area contributed by atoms with Gasteiger partial charge in [0, 0.05) is 32.2 Å². The number of carbonyl (C=O) groups is 2. The van der Waals surface area contributed by atoms with Crippen LogP contribution in [0.3, 0.4) is 0 Å². The van der Waals surface area contributed by atoms with Crippen molar-refractivity contribution in [3.8, 4) is 5.75 Å². The van der Waals surface area contributed by atoms with Crippen LogP contribution in [-0.2, 0) is 0 Å². The van der Waals surface area contributed by atoms with Crippen LogP contribution in [0.2, 0.25) is 5.02 Å². The van der Waals surface area contributed by atoms with Gasteiger partial charge < -0.3 is 25.4 Å². The lowest BCUT2D eigenvalue weighted by molar-refractivity contribution is 0.0693. The van der Waals surface area contributed by atoms with Crippen LogP contribution in [0.4, 0.5) is 10.5 Å². The Bertz CT molecular complexity index is 559. The first kappa shape index (κ1) is 15.4. The molecule has 0 spiro atoms. The van der Waals surface area contributed by atoms with E-state index >= 15 is 0 Å². The van der Waals surface area contributed by atoms with Gasteiger partial charge in [0.25, 0.3) is 0 Å². The molecule has 0 aromatic heterocycles. The Morgan fingerprint density at radius 3 is 2.62 bits per heavy atom. The van der Waals surface area contributed by atoms with Crippen molar-refractivity contribution in [1.82, 2.24) is 10.2 Å². The number of hydrogen-bond acceptors (Lipinski definition) is 4. The lowest BCUT2D eigenvalue weighted by atomic mass is 10.2. The maximum Gasteiger partial charge on any atom is 0.339 e. The number of piperazine rings is 1. The van der Waals surface area contributed by atoms with E-state index in [4.69, 9.17) is 21.4 Å². The zero-order valence-corrected chi connectivity index (χ0v) is 12.2. The molecule has 1 heterocycles. The van der Waals surface area contributed by atoms with Crippen LogP contribution in [0.25, 0.3) is 0 Å². The highest BCUT2D eigenvalue weighted by Crippen LogP contribution is 2.31. The third kappa shape index (κ3) is 3.56.